The number of aliphatic hydroxyl groups is 1. The second kappa shape index (κ2) is 8.21. The van der Waals surface area contributed by atoms with Gasteiger partial charge in [0.05, 0.1) is 5.69 Å². The third-order valence-corrected chi connectivity index (χ3v) is 2.94. The molecule has 0 aromatic carbocycles. The largest absolute Gasteiger partial charge is 0.396 e. The Morgan fingerprint density at radius 3 is 2.78 bits per heavy atom. The average Bonchev–Trinajstić information content (AvgIpc) is 2.79. The van der Waals surface area contributed by atoms with E-state index in [4.69, 9.17) is 5.11 Å². The molecule has 104 valence electrons. The van der Waals surface area contributed by atoms with Gasteiger partial charge in [-0.1, -0.05) is 19.1 Å². The van der Waals surface area contributed by atoms with E-state index in [2.05, 4.69) is 36.4 Å². The zero-order chi connectivity index (χ0) is 13.4. The average molecular weight is 254 g/mol. The number of rotatable bonds is 9. The molecule has 5 heteroatoms. The first-order chi connectivity index (χ1) is 8.61. The van der Waals surface area contributed by atoms with E-state index in [-0.39, 0.29) is 6.61 Å². The van der Waals surface area contributed by atoms with E-state index in [1.807, 2.05) is 6.20 Å². The summed E-state index contributed by atoms with van der Waals surface area (Å²) < 4.78 is 1.78. The molecule has 0 aliphatic carbocycles. The fourth-order valence-electron chi connectivity index (χ4n) is 1.73. The molecule has 1 aromatic rings. The summed E-state index contributed by atoms with van der Waals surface area (Å²) in [6, 6.07) is 0.509. The minimum Gasteiger partial charge on any atom is -0.396 e. The Balaban J connectivity index is 2.23. The SMILES string of the molecule is CC(C)CCC(C)NCc1cn(CCCO)nn1. The molecule has 0 aliphatic rings. The third kappa shape index (κ3) is 6.12. The van der Waals surface area contributed by atoms with Crippen LogP contribution in [0.4, 0.5) is 0 Å². The van der Waals surface area contributed by atoms with Crippen molar-refractivity contribution < 1.29 is 5.11 Å². The van der Waals surface area contributed by atoms with Crippen molar-refractivity contribution in [3.05, 3.63) is 11.9 Å². The molecule has 0 spiro atoms. The van der Waals surface area contributed by atoms with E-state index < -0.39 is 0 Å². The number of aromatic nitrogens is 3. The van der Waals surface area contributed by atoms with Crippen molar-refractivity contribution >= 4 is 0 Å². The van der Waals surface area contributed by atoms with Crippen molar-refractivity contribution in [2.24, 2.45) is 5.92 Å². The van der Waals surface area contributed by atoms with E-state index in [1.54, 1.807) is 4.68 Å². The van der Waals surface area contributed by atoms with E-state index in [0.717, 1.165) is 31.1 Å². The standard InChI is InChI=1S/C13H26N4O/c1-11(2)5-6-12(3)14-9-13-10-17(16-15-13)7-4-8-18/h10-12,14,18H,4-9H2,1-3H3. The van der Waals surface area contributed by atoms with Gasteiger partial charge in [-0.3, -0.25) is 4.68 Å². The molecule has 0 bridgehead atoms. The summed E-state index contributed by atoms with van der Waals surface area (Å²) in [6.07, 6.45) is 5.10. The molecule has 0 fully saturated rings. The van der Waals surface area contributed by atoms with Gasteiger partial charge in [0.25, 0.3) is 0 Å². The molecule has 0 saturated heterocycles. The van der Waals surface area contributed by atoms with Gasteiger partial charge < -0.3 is 10.4 Å². The van der Waals surface area contributed by atoms with Crippen LogP contribution in [0.5, 0.6) is 0 Å². The van der Waals surface area contributed by atoms with Crippen LogP contribution in [0.15, 0.2) is 6.20 Å². The number of aliphatic hydroxyl groups excluding tert-OH is 1. The summed E-state index contributed by atoms with van der Waals surface area (Å²) in [5.41, 5.74) is 0.962. The van der Waals surface area contributed by atoms with Crippen LogP contribution in [-0.2, 0) is 13.1 Å². The molecule has 1 heterocycles. The summed E-state index contributed by atoms with van der Waals surface area (Å²) in [6.45, 7) is 8.39. The maximum absolute atomic E-state index is 8.74. The number of nitrogens with one attached hydrogen (secondary N) is 1. The van der Waals surface area contributed by atoms with Crippen LogP contribution in [0.25, 0.3) is 0 Å². The highest BCUT2D eigenvalue weighted by Crippen LogP contribution is 2.06. The summed E-state index contributed by atoms with van der Waals surface area (Å²) in [4.78, 5) is 0. The molecule has 2 N–H and O–H groups in total. The van der Waals surface area contributed by atoms with Gasteiger partial charge in [0, 0.05) is 31.9 Å². The van der Waals surface area contributed by atoms with Crippen molar-refractivity contribution in [1.29, 1.82) is 0 Å². The van der Waals surface area contributed by atoms with E-state index in [1.165, 1.54) is 12.8 Å². The minimum atomic E-state index is 0.194. The minimum absolute atomic E-state index is 0.194. The van der Waals surface area contributed by atoms with Gasteiger partial charge in [0.1, 0.15) is 0 Å². The van der Waals surface area contributed by atoms with Crippen LogP contribution in [0.1, 0.15) is 45.7 Å². The zero-order valence-electron chi connectivity index (χ0n) is 11.8. The molecule has 1 aromatic heterocycles. The van der Waals surface area contributed by atoms with Crippen LogP contribution in [0.2, 0.25) is 0 Å². The van der Waals surface area contributed by atoms with E-state index in [9.17, 15) is 0 Å². The molecule has 5 nitrogen and oxygen atoms in total. The lowest BCUT2D eigenvalue weighted by Crippen LogP contribution is -2.25. The van der Waals surface area contributed by atoms with Crippen LogP contribution in [0, 0.1) is 5.92 Å². The Kier molecular flexibility index (Phi) is 6.90. The van der Waals surface area contributed by atoms with Gasteiger partial charge in [0.15, 0.2) is 0 Å². The van der Waals surface area contributed by atoms with Gasteiger partial charge in [-0.15, -0.1) is 5.10 Å². The van der Waals surface area contributed by atoms with Crippen molar-refractivity contribution in [1.82, 2.24) is 20.3 Å². The van der Waals surface area contributed by atoms with Crippen molar-refractivity contribution in [3.8, 4) is 0 Å². The van der Waals surface area contributed by atoms with Crippen LogP contribution < -0.4 is 5.32 Å². The van der Waals surface area contributed by atoms with E-state index >= 15 is 0 Å². The smallest absolute Gasteiger partial charge is 0.0964 e. The van der Waals surface area contributed by atoms with Crippen LogP contribution in [0.3, 0.4) is 0 Å². The van der Waals surface area contributed by atoms with E-state index in [0.29, 0.717) is 6.04 Å². The topological polar surface area (TPSA) is 63.0 Å². The lowest BCUT2D eigenvalue weighted by Gasteiger charge is -2.13. The van der Waals surface area contributed by atoms with Crippen LogP contribution >= 0.6 is 0 Å². The first kappa shape index (κ1) is 15.1. The van der Waals surface area contributed by atoms with Gasteiger partial charge in [-0.05, 0) is 32.1 Å². The Labute approximate surface area is 110 Å². The van der Waals surface area contributed by atoms with Gasteiger partial charge >= 0.3 is 0 Å². The van der Waals surface area contributed by atoms with Gasteiger partial charge in [0.2, 0.25) is 0 Å². The molecule has 0 radical (unpaired) electrons. The first-order valence-electron chi connectivity index (χ1n) is 6.85. The van der Waals surface area contributed by atoms with Gasteiger partial charge in [-0.2, -0.15) is 0 Å². The number of aryl methyl sites for hydroxylation is 1. The second-order valence-electron chi connectivity index (χ2n) is 5.30. The quantitative estimate of drug-likeness (QED) is 0.702. The fourth-order valence-corrected chi connectivity index (χ4v) is 1.73. The molecule has 1 rings (SSSR count). The highest BCUT2D eigenvalue weighted by atomic mass is 16.3. The maximum Gasteiger partial charge on any atom is 0.0964 e. The highest BCUT2D eigenvalue weighted by Gasteiger charge is 2.05. The summed E-state index contributed by atoms with van der Waals surface area (Å²) in [7, 11) is 0. The number of nitrogens with zero attached hydrogens (tertiary/aromatic N) is 3. The van der Waals surface area contributed by atoms with Crippen LogP contribution in [-0.4, -0.2) is 32.7 Å². The molecule has 1 atom stereocenters. The molecule has 0 amide bonds. The predicted molar refractivity (Wildman–Crippen MR) is 72.1 cm³/mol. The fraction of sp³-hybridized carbons (Fsp3) is 0.846. The highest BCUT2D eigenvalue weighted by molar-refractivity contribution is 4.91. The second-order valence-corrected chi connectivity index (χ2v) is 5.30. The Hall–Kier alpha value is -0.940. The molecule has 1 unspecified atom stereocenters. The lowest BCUT2D eigenvalue weighted by atomic mass is 10.0. The number of hydrogen-bond acceptors (Lipinski definition) is 4. The summed E-state index contributed by atoms with van der Waals surface area (Å²) >= 11 is 0. The third-order valence-electron chi connectivity index (χ3n) is 2.94. The predicted octanol–water partition coefficient (Wildman–Crippen LogP) is 1.57. The Morgan fingerprint density at radius 1 is 1.33 bits per heavy atom. The molecule has 18 heavy (non-hydrogen) atoms. The molecule has 0 saturated carbocycles. The lowest BCUT2D eigenvalue weighted by molar-refractivity contribution is 0.276. The Morgan fingerprint density at radius 2 is 2.11 bits per heavy atom. The molecular weight excluding hydrogens is 228 g/mol. The monoisotopic (exact) mass is 254 g/mol. The summed E-state index contributed by atoms with van der Waals surface area (Å²) in [5, 5.41) is 20.3. The zero-order valence-corrected chi connectivity index (χ0v) is 11.8. The van der Waals surface area contributed by atoms with Crippen molar-refractivity contribution in [2.75, 3.05) is 6.61 Å². The van der Waals surface area contributed by atoms with Crippen molar-refractivity contribution in [3.63, 3.8) is 0 Å². The maximum atomic E-state index is 8.74. The Bertz CT molecular complexity index is 325. The summed E-state index contributed by atoms with van der Waals surface area (Å²) in [5.74, 6) is 0.758. The molecular formula is C13H26N4O. The molecule has 0 aliphatic heterocycles. The number of hydrogen-bond donors (Lipinski definition) is 2. The first-order valence-corrected chi connectivity index (χ1v) is 6.85. The normalized spacial score (nSPS) is 13.2. The van der Waals surface area contributed by atoms with Gasteiger partial charge in [-0.25, -0.2) is 0 Å². The van der Waals surface area contributed by atoms with Crippen molar-refractivity contribution in [2.45, 2.75) is 59.2 Å².